The second kappa shape index (κ2) is 11.7. The standard InChI is InChI=1S/C27H19ClIN3O4S/c1-35-25(33)15-31-23(26(34)32(27(31)37)21-9-7-20(28)8-10-21)13-17-6-11-24(22(29)12-17)36-16-19-5-3-2-4-18(19)14-30/h2-13H,15-16H2,1H3/b23-13-. The lowest BCUT2D eigenvalue weighted by atomic mass is 10.1. The van der Waals surface area contributed by atoms with E-state index in [9.17, 15) is 14.9 Å². The van der Waals surface area contributed by atoms with Gasteiger partial charge >= 0.3 is 5.97 Å². The van der Waals surface area contributed by atoms with E-state index in [1.54, 1.807) is 48.5 Å². The lowest BCUT2D eigenvalue weighted by Gasteiger charge is -2.19. The van der Waals surface area contributed by atoms with Crippen molar-refractivity contribution in [2.75, 3.05) is 18.6 Å². The first-order chi connectivity index (χ1) is 17.8. The maximum atomic E-state index is 13.4. The van der Waals surface area contributed by atoms with Crippen LogP contribution < -0.4 is 9.64 Å². The molecule has 4 rings (SSSR count). The first kappa shape index (κ1) is 26.6. The summed E-state index contributed by atoms with van der Waals surface area (Å²) in [6, 6.07) is 21.6. The van der Waals surface area contributed by atoms with Gasteiger partial charge in [0.25, 0.3) is 5.91 Å². The molecule has 0 unspecified atom stereocenters. The Kier molecular flexibility index (Phi) is 8.43. The van der Waals surface area contributed by atoms with Crippen molar-refractivity contribution in [1.29, 1.82) is 5.26 Å². The van der Waals surface area contributed by atoms with Gasteiger partial charge in [0, 0.05) is 10.6 Å². The number of rotatable bonds is 7. The summed E-state index contributed by atoms with van der Waals surface area (Å²) in [6.07, 6.45) is 1.67. The topological polar surface area (TPSA) is 82.9 Å². The fourth-order valence-corrected chi connectivity index (χ4v) is 4.81. The summed E-state index contributed by atoms with van der Waals surface area (Å²) < 4.78 is 11.6. The van der Waals surface area contributed by atoms with Crippen molar-refractivity contribution in [2.24, 2.45) is 0 Å². The van der Waals surface area contributed by atoms with Crippen LogP contribution in [0.4, 0.5) is 5.69 Å². The average Bonchev–Trinajstić information content (AvgIpc) is 3.12. The Hall–Kier alpha value is -3.46. The normalized spacial score (nSPS) is 14.2. The van der Waals surface area contributed by atoms with Crippen LogP contribution in [0.2, 0.25) is 5.02 Å². The van der Waals surface area contributed by atoms with Crippen LogP contribution in [-0.4, -0.2) is 35.5 Å². The molecule has 186 valence electrons. The van der Waals surface area contributed by atoms with Crippen molar-refractivity contribution in [3.8, 4) is 11.8 Å². The molecule has 1 aliphatic rings. The summed E-state index contributed by atoms with van der Waals surface area (Å²) in [5, 5.41) is 9.97. The van der Waals surface area contributed by atoms with E-state index in [1.165, 1.54) is 16.9 Å². The Morgan fingerprint density at radius 3 is 2.57 bits per heavy atom. The van der Waals surface area contributed by atoms with E-state index in [-0.39, 0.29) is 29.9 Å². The van der Waals surface area contributed by atoms with Gasteiger partial charge in [0.2, 0.25) is 0 Å². The molecule has 0 bridgehead atoms. The fourth-order valence-electron chi connectivity index (χ4n) is 3.64. The number of hydrogen-bond donors (Lipinski definition) is 0. The molecule has 3 aromatic rings. The number of esters is 1. The van der Waals surface area contributed by atoms with Gasteiger partial charge in [0.15, 0.2) is 5.11 Å². The predicted molar refractivity (Wildman–Crippen MR) is 153 cm³/mol. The number of carbonyl (C=O) groups excluding carboxylic acids is 2. The van der Waals surface area contributed by atoms with Crippen LogP contribution in [0.25, 0.3) is 6.08 Å². The maximum Gasteiger partial charge on any atom is 0.325 e. The molecule has 0 spiro atoms. The summed E-state index contributed by atoms with van der Waals surface area (Å²) in [4.78, 5) is 28.4. The molecule has 10 heteroatoms. The summed E-state index contributed by atoms with van der Waals surface area (Å²) in [5.41, 5.74) is 2.84. The molecule has 3 aromatic carbocycles. The third kappa shape index (κ3) is 5.93. The Bertz CT molecular complexity index is 1450. The number of halogens is 2. The van der Waals surface area contributed by atoms with Crippen molar-refractivity contribution >= 4 is 75.2 Å². The van der Waals surface area contributed by atoms with Crippen LogP contribution in [0, 0.1) is 14.9 Å². The molecule has 1 heterocycles. The first-order valence-electron chi connectivity index (χ1n) is 10.9. The summed E-state index contributed by atoms with van der Waals surface area (Å²) in [7, 11) is 1.28. The molecule has 0 N–H and O–H groups in total. The zero-order valence-electron chi connectivity index (χ0n) is 19.5. The molecule has 1 amide bonds. The molecule has 0 aliphatic carbocycles. The number of amides is 1. The molecular formula is C27H19ClIN3O4S. The molecule has 0 radical (unpaired) electrons. The molecule has 1 aliphatic heterocycles. The molecule has 0 aromatic heterocycles. The number of benzene rings is 3. The van der Waals surface area contributed by atoms with E-state index in [0.29, 0.717) is 27.6 Å². The van der Waals surface area contributed by atoms with E-state index < -0.39 is 5.97 Å². The average molecular weight is 644 g/mol. The molecule has 37 heavy (non-hydrogen) atoms. The van der Waals surface area contributed by atoms with Crippen molar-refractivity contribution < 1.29 is 19.1 Å². The minimum Gasteiger partial charge on any atom is -0.488 e. The predicted octanol–water partition coefficient (Wildman–Crippen LogP) is 5.54. The molecule has 1 fully saturated rings. The summed E-state index contributed by atoms with van der Waals surface area (Å²) >= 11 is 13.7. The van der Waals surface area contributed by atoms with Crippen LogP contribution in [0.3, 0.4) is 0 Å². The lowest BCUT2D eigenvalue weighted by molar-refractivity contribution is -0.140. The molecule has 7 nitrogen and oxygen atoms in total. The monoisotopic (exact) mass is 643 g/mol. The van der Waals surface area contributed by atoms with Gasteiger partial charge in [0.05, 0.1) is 28.0 Å². The lowest BCUT2D eigenvalue weighted by Crippen LogP contribution is -2.35. The summed E-state index contributed by atoms with van der Waals surface area (Å²) in [6.45, 7) is 0.0312. The number of nitrogens with zero attached hydrogens (tertiary/aromatic N) is 3. The highest BCUT2D eigenvalue weighted by Gasteiger charge is 2.40. The largest absolute Gasteiger partial charge is 0.488 e. The highest BCUT2D eigenvalue weighted by atomic mass is 127. The minimum absolute atomic E-state index is 0.162. The third-order valence-corrected chi connectivity index (χ3v) is 7.01. The molecule has 0 saturated carbocycles. The van der Waals surface area contributed by atoms with Gasteiger partial charge in [-0.15, -0.1) is 0 Å². The molecule has 0 atom stereocenters. The number of ether oxygens (including phenoxy) is 2. The second-order valence-corrected chi connectivity index (χ2v) is 9.80. The fraction of sp³-hybridized carbons (Fsp3) is 0.111. The smallest absolute Gasteiger partial charge is 0.325 e. The number of carbonyl (C=O) groups is 2. The highest BCUT2D eigenvalue weighted by Crippen LogP contribution is 2.31. The van der Waals surface area contributed by atoms with Gasteiger partial charge in [-0.25, -0.2) is 0 Å². The van der Waals surface area contributed by atoms with Crippen LogP contribution in [0.15, 0.2) is 72.4 Å². The molecular weight excluding hydrogens is 625 g/mol. The third-order valence-electron chi connectivity index (χ3n) is 5.52. The maximum absolute atomic E-state index is 13.4. The SMILES string of the molecule is COC(=O)CN1C(=S)N(c2ccc(Cl)cc2)C(=O)/C1=C/c1ccc(OCc2ccccc2C#N)c(I)c1. The Morgan fingerprint density at radius 2 is 1.89 bits per heavy atom. The zero-order valence-corrected chi connectivity index (χ0v) is 23.2. The van der Waals surface area contributed by atoms with Gasteiger partial charge in [-0.05, 0) is 88.9 Å². The van der Waals surface area contributed by atoms with E-state index in [1.807, 2.05) is 24.3 Å². The van der Waals surface area contributed by atoms with Crippen molar-refractivity contribution in [1.82, 2.24) is 4.90 Å². The van der Waals surface area contributed by atoms with E-state index >= 15 is 0 Å². The van der Waals surface area contributed by atoms with Crippen LogP contribution in [0.1, 0.15) is 16.7 Å². The number of anilines is 1. The quantitative estimate of drug-likeness (QED) is 0.145. The van der Waals surface area contributed by atoms with Gasteiger partial charge in [-0.2, -0.15) is 5.26 Å². The van der Waals surface area contributed by atoms with Crippen molar-refractivity contribution in [3.05, 3.63) is 97.7 Å². The number of thiocarbonyl (C=S) groups is 1. The Balaban J connectivity index is 1.62. The Labute approximate surface area is 238 Å². The van der Waals surface area contributed by atoms with Gasteiger partial charge < -0.3 is 14.4 Å². The number of methoxy groups -OCH3 is 1. The van der Waals surface area contributed by atoms with Crippen molar-refractivity contribution in [2.45, 2.75) is 6.61 Å². The zero-order chi connectivity index (χ0) is 26.5. The van der Waals surface area contributed by atoms with Crippen LogP contribution in [0.5, 0.6) is 5.75 Å². The van der Waals surface area contributed by atoms with Crippen LogP contribution >= 0.6 is 46.4 Å². The van der Waals surface area contributed by atoms with Gasteiger partial charge in [-0.3, -0.25) is 14.5 Å². The van der Waals surface area contributed by atoms with Gasteiger partial charge in [0.1, 0.15) is 24.6 Å². The first-order valence-corrected chi connectivity index (χ1v) is 12.8. The second-order valence-electron chi connectivity index (χ2n) is 7.84. The van der Waals surface area contributed by atoms with Crippen LogP contribution in [-0.2, 0) is 20.9 Å². The number of nitriles is 1. The summed E-state index contributed by atoms with van der Waals surface area (Å²) in [5.74, 6) is -0.271. The Morgan fingerprint density at radius 1 is 1.16 bits per heavy atom. The van der Waals surface area contributed by atoms with Gasteiger partial charge in [-0.1, -0.05) is 35.9 Å². The van der Waals surface area contributed by atoms with E-state index in [0.717, 1.165) is 9.13 Å². The number of hydrogen-bond acceptors (Lipinski definition) is 6. The van der Waals surface area contributed by atoms with E-state index in [4.69, 9.17) is 33.3 Å². The highest BCUT2D eigenvalue weighted by molar-refractivity contribution is 14.1. The molecule has 1 saturated heterocycles. The van der Waals surface area contributed by atoms with E-state index in [2.05, 4.69) is 28.7 Å². The van der Waals surface area contributed by atoms with Crippen molar-refractivity contribution in [3.63, 3.8) is 0 Å². The minimum atomic E-state index is -0.532.